The number of benzene rings is 1. The molecule has 2 heteroatoms. The molecule has 1 aliphatic carbocycles. The van der Waals surface area contributed by atoms with E-state index in [9.17, 15) is 5.11 Å². The number of nitrogens with zero attached hydrogens (tertiary/aromatic N) is 1. The molecule has 20 heavy (non-hydrogen) atoms. The van der Waals surface area contributed by atoms with E-state index in [0.29, 0.717) is 0 Å². The fourth-order valence-corrected chi connectivity index (χ4v) is 3.14. The molecule has 1 aliphatic rings. The van der Waals surface area contributed by atoms with Crippen molar-refractivity contribution in [3.05, 3.63) is 65.5 Å². The summed E-state index contributed by atoms with van der Waals surface area (Å²) in [4.78, 5) is 4.33. The van der Waals surface area contributed by atoms with E-state index >= 15 is 0 Å². The Morgan fingerprint density at radius 3 is 2.45 bits per heavy atom. The van der Waals surface area contributed by atoms with Gasteiger partial charge in [-0.15, -0.1) is 0 Å². The highest BCUT2D eigenvalue weighted by Crippen LogP contribution is 2.52. The summed E-state index contributed by atoms with van der Waals surface area (Å²) in [6, 6.07) is 14.4. The van der Waals surface area contributed by atoms with Crippen molar-refractivity contribution in [3.8, 4) is 0 Å². The normalized spacial score (nSPS) is 18.3. The van der Waals surface area contributed by atoms with Gasteiger partial charge in [-0.3, -0.25) is 4.98 Å². The fraction of sp³-hybridized carbons (Fsp3) is 0.389. The third-order valence-corrected chi connectivity index (χ3v) is 4.57. The minimum Gasteiger partial charge on any atom is -0.386 e. The summed E-state index contributed by atoms with van der Waals surface area (Å²) >= 11 is 0. The van der Waals surface area contributed by atoms with Crippen LogP contribution in [0.15, 0.2) is 48.7 Å². The molecule has 0 bridgehead atoms. The van der Waals surface area contributed by atoms with Gasteiger partial charge in [0.1, 0.15) is 6.10 Å². The SMILES string of the molecule is Cc1ccc(CC2(C(O)c3ccccn3)CCC2)cc1. The predicted octanol–water partition coefficient (Wildman–Crippen LogP) is 3.84. The van der Waals surface area contributed by atoms with E-state index in [4.69, 9.17) is 0 Å². The molecule has 2 nitrogen and oxygen atoms in total. The maximum atomic E-state index is 10.7. The quantitative estimate of drug-likeness (QED) is 0.913. The zero-order valence-electron chi connectivity index (χ0n) is 11.9. The van der Waals surface area contributed by atoms with Crippen molar-refractivity contribution in [1.29, 1.82) is 0 Å². The maximum Gasteiger partial charge on any atom is 0.102 e. The smallest absolute Gasteiger partial charge is 0.102 e. The van der Waals surface area contributed by atoms with Crippen molar-refractivity contribution in [2.75, 3.05) is 0 Å². The van der Waals surface area contributed by atoms with E-state index in [1.165, 1.54) is 17.5 Å². The molecule has 1 fully saturated rings. The Balaban J connectivity index is 1.82. The molecule has 0 aliphatic heterocycles. The zero-order chi connectivity index (χ0) is 14.0. The molecule has 1 atom stereocenters. The van der Waals surface area contributed by atoms with Gasteiger partial charge in [0.15, 0.2) is 0 Å². The summed E-state index contributed by atoms with van der Waals surface area (Å²) in [5.74, 6) is 0. The van der Waals surface area contributed by atoms with E-state index in [0.717, 1.165) is 25.0 Å². The van der Waals surface area contributed by atoms with Crippen LogP contribution in [0, 0.1) is 12.3 Å². The Kier molecular flexibility index (Phi) is 3.58. The summed E-state index contributed by atoms with van der Waals surface area (Å²) in [6.07, 6.45) is 5.60. The summed E-state index contributed by atoms with van der Waals surface area (Å²) in [6.45, 7) is 2.10. The second kappa shape index (κ2) is 5.37. The number of pyridine rings is 1. The molecule has 1 unspecified atom stereocenters. The van der Waals surface area contributed by atoms with Crippen molar-refractivity contribution in [3.63, 3.8) is 0 Å². The average molecular weight is 267 g/mol. The highest BCUT2D eigenvalue weighted by Gasteiger charge is 2.44. The van der Waals surface area contributed by atoms with E-state index in [2.05, 4.69) is 36.2 Å². The van der Waals surface area contributed by atoms with E-state index < -0.39 is 6.10 Å². The molecule has 0 saturated heterocycles. The molecule has 1 N–H and O–H groups in total. The van der Waals surface area contributed by atoms with Crippen LogP contribution in [0.1, 0.15) is 42.2 Å². The van der Waals surface area contributed by atoms with Gasteiger partial charge in [0, 0.05) is 11.6 Å². The van der Waals surface area contributed by atoms with Crippen LogP contribution in [-0.2, 0) is 6.42 Å². The first-order valence-corrected chi connectivity index (χ1v) is 7.34. The third kappa shape index (κ3) is 2.48. The lowest BCUT2D eigenvalue weighted by Crippen LogP contribution is -2.38. The van der Waals surface area contributed by atoms with Crippen LogP contribution in [0.3, 0.4) is 0 Å². The number of hydrogen-bond donors (Lipinski definition) is 1. The molecule has 0 radical (unpaired) electrons. The van der Waals surface area contributed by atoms with Gasteiger partial charge >= 0.3 is 0 Å². The van der Waals surface area contributed by atoms with Gasteiger partial charge < -0.3 is 5.11 Å². The summed E-state index contributed by atoms with van der Waals surface area (Å²) < 4.78 is 0. The Bertz CT molecular complexity index is 558. The first-order chi connectivity index (χ1) is 9.70. The molecule has 1 saturated carbocycles. The molecule has 2 aromatic rings. The van der Waals surface area contributed by atoms with E-state index in [-0.39, 0.29) is 5.41 Å². The fourth-order valence-electron chi connectivity index (χ4n) is 3.14. The predicted molar refractivity (Wildman–Crippen MR) is 80.4 cm³/mol. The molecule has 3 rings (SSSR count). The van der Waals surface area contributed by atoms with Gasteiger partial charge in [0.05, 0.1) is 5.69 Å². The first-order valence-electron chi connectivity index (χ1n) is 7.34. The molecule has 0 spiro atoms. The van der Waals surface area contributed by atoms with Gasteiger partial charge in [0.25, 0.3) is 0 Å². The molecule has 1 aromatic carbocycles. The highest BCUT2D eigenvalue weighted by molar-refractivity contribution is 5.24. The van der Waals surface area contributed by atoms with Gasteiger partial charge in [-0.1, -0.05) is 42.3 Å². The van der Waals surface area contributed by atoms with Crippen molar-refractivity contribution in [2.45, 2.75) is 38.7 Å². The standard InChI is InChI=1S/C18H21NO/c1-14-6-8-15(9-7-14)13-18(10-4-11-18)17(20)16-5-2-3-12-19-16/h2-3,5-9,12,17,20H,4,10-11,13H2,1H3. The lowest BCUT2D eigenvalue weighted by atomic mass is 9.61. The Morgan fingerprint density at radius 1 is 1.15 bits per heavy atom. The zero-order valence-corrected chi connectivity index (χ0v) is 11.9. The van der Waals surface area contributed by atoms with Gasteiger partial charge in [-0.25, -0.2) is 0 Å². The van der Waals surface area contributed by atoms with Gasteiger partial charge in [-0.2, -0.15) is 0 Å². The largest absolute Gasteiger partial charge is 0.386 e. The number of aryl methyl sites for hydroxylation is 1. The number of aromatic nitrogens is 1. The van der Waals surface area contributed by atoms with Crippen LogP contribution in [0.4, 0.5) is 0 Å². The summed E-state index contributed by atoms with van der Waals surface area (Å²) in [5, 5.41) is 10.7. The van der Waals surface area contributed by atoms with Crippen LogP contribution < -0.4 is 0 Å². The molecule has 1 aromatic heterocycles. The monoisotopic (exact) mass is 267 g/mol. The molecule has 104 valence electrons. The molecule has 0 amide bonds. The van der Waals surface area contributed by atoms with Crippen molar-refractivity contribution >= 4 is 0 Å². The van der Waals surface area contributed by atoms with Gasteiger partial charge in [0.2, 0.25) is 0 Å². The first kappa shape index (κ1) is 13.3. The Hall–Kier alpha value is -1.67. The Morgan fingerprint density at radius 2 is 1.90 bits per heavy atom. The maximum absolute atomic E-state index is 10.7. The molecular formula is C18H21NO. The molecular weight excluding hydrogens is 246 g/mol. The number of aliphatic hydroxyl groups is 1. The van der Waals surface area contributed by atoms with E-state index in [1.807, 2.05) is 18.2 Å². The number of rotatable bonds is 4. The van der Waals surface area contributed by atoms with Crippen molar-refractivity contribution in [1.82, 2.24) is 4.98 Å². The third-order valence-electron chi connectivity index (χ3n) is 4.57. The van der Waals surface area contributed by atoms with Crippen molar-refractivity contribution in [2.24, 2.45) is 5.41 Å². The number of hydrogen-bond acceptors (Lipinski definition) is 2. The second-order valence-corrected chi connectivity index (χ2v) is 6.04. The lowest BCUT2D eigenvalue weighted by Gasteiger charge is -2.45. The Labute approximate surface area is 120 Å². The van der Waals surface area contributed by atoms with Crippen LogP contribution in [0.25, 0.3) is 0 Å². The average Bonchev–Trinajstić information content (AvgIpc) is 2.45. The highest BCUT2D eigenvalue weighted by atomic mass is 16.3. The second-order valence-electron chi connectivity index (χ2n) is 6.04. The summed E-state index contributed by atoms with van der Waals surface area (Å²) in [7, 11) is 0. The van der Waals surface area contributed by atoms with Crippen molar-refractivity contribution < 1.29 is 5.11 Å². The van der Waals surface area contributed by atoms with Crippen LogP contribution in [0.5, 0.6) is 0 Å². The minimum absolute atomic E-state index is 0.0242. The minimum atomic E-state index is -0.459. The van der Waals surface area contributed by atoms with E-state index in [1.54, 1.807) is 6.20 Å². The lowest BCUT2D eigenvalue weighted by molar-refractivity contribution is -0.0393. The van der Waals surface area contributed by atoms with Crippen LogP contribution >= 0.6 is 0 Å². The van der Waals surface area contributed by atoms with Crippen LogP contribution in [-0.4, -0.2) is 10.1 Å². The number of aliphatic hydroxyl groups excluding tert-OH is 1. The topological polar surface area (TPSA) is 33.1 Å². The summed E-state index contributed by atoms with van der Waals surface area (Å²) in [5.41, 5.74) is 3.37. The van der Waals surface area contributed by atoms with Crippen LogP contribution in [0.2, 0.25) is 0 Å². The molecule has 1 heterocycles. The van der Waals surface area contributed by atoms with Gasteiger partial charge in [-0.05, 0) is 43.9 Å².